The molecule has 2 fully saturated rings. The standard InChI is InChI=1S/C23H30N4O3/c1-15-3-4-21-22(27(15)16(2)28)6-5-20(23(21)30-12-17-7-8-24-9-17)18-10-25-26(11-18)19-13-29-14-19/h5-6,10-11,15,17,19,24H,3-4,7-9,12-14H2,1-2H3/t15-,17+/m0/s1. The number of hydrogen-bond donors (Lipinski definition) is 1. The van der Waals surface area contributed by atoms with Crippen LogP contribution in [0.25, 0.3) is 11.1 Å². The maximum Gasteiger partial charge on any atom is 0.224 e. The van der Waals surface area contributed by atoms with Crippen molar-refractivity contribution in [3.8, 4) is 16.9 Å². The van der Waals surface area contributed by atoms with Crippen LogP contribution in [0, 0.1) is 5.92 Å². The van der Waals surface area contributed by atoms with Crippen molar-refractivity contribution in [2.75, 3.05) is 37.8 Å². The molecule has 0 radical (unpaired) electrons. The van der Waals surface area contributed by atoms with Gasteiger partial charge in [0.05, 0.1) is 37.7 Å². The van der Waals surface area contributed by atoms with Crippen molar-refractivity contribution in [1.29, 1.82) is 0 Å². The molecule has 5 rings (SSSR count). The minimum atomic E-state index is 0.0833. The van der Waals surface area contributed by atoms with E-state index in [1.807, 2.05) is 15.8 Å². The van der Waals surface area contributed by atoms with Crippen molar-refractivity contribution < 1.29 is 14.3 Å². The zero-order valence-corrected chi connectivity index (χ0v) is 17.8. The average Bonchev–Trinajstić information content (AvgIpc) is 3.36. The molecule has 2 atom stereocenters. The van der Waals surface area contributed by atoms with E-state index in [1.165, 1.54) is 0 Å². The molecule has 160 valence electrons. The number of aromatic nitrogens is 2. The Labute approximate surface area is 177 Å². The molecule has 3 aliphatic heterocycles. The molecule has 3 aliphatic rings. The summed E-state index contributed by atoms with van der Waals surface area (Å²) in [5.74, 6) is 1.52. The van der Waals surface area contributed by atoms with Crippen LogP contribution in [0.4, 0.5) is 5.69 Å². The summed E-state index contributed by atoms with van der Waals surface area (Å²) >= 11 is 0. The first-order valence-electron chi connectivity index (χ1n) is 11.0. The van der Waals surface area contributed by atoms with E-state index >= 15 is 0 Å². The molecule has 2 saturated heterocycles. The lowest BCUT2D eigenvalue weighted by molar-refractivity contribution is -0.117. The number of rotatable bonds is 5. The normalized spacial score (nSPS) is 23.9. The highest BCUT2D eigenvalue weighted by Crippen LogP contribution is 2.43. The number of carbonyl (C=O) groups is 1. The Kier molecular flexibility index (Phi) is 5.25. The van der Waals surface area contributed by atoms with Crippen LogP contribution in [0.3, 0.4) is 0 Å². The summed E-state index contributed by atoms with van der Waals surface area (Å²) < 4.78 is 13.8. The summed E-state index contributed by atoms with van der Waals surface area (Å²) in [5.41, 5.74) is 4.25. The Morgan fingerprint density at radius 1 is 1.33 bits per heavy atom. The SMILES string of the molecule is CC(=O)N1c2ccc(-c3cnn(C4COC4)c3)c(OC[C@@H]3CCNC3)c2CC[C@@H]1C. The molecular formula is C23H30N4O3. The van der Waals surface area contributed by atoms with Gasteiger partial charge in [0, 0.05) is 48.3 Å². The van der Waals surface area contributed by atoms with Crippen LogP contribution in [-0.2, 0) is 16.0 Å². The lowest BCUT2D eigenvalue weighted by atomic mass is 9.92. The topological polar surface area (TPSA) is 68.6 Å². The Bertz CT molecular complexity index is 931. The second-order valence-electron chi connectivity index (χ2n) is 8.79. The molecule has 30 heavy (non-hydrogen) atoms. The Morgan fingerprint density at radius 3 is 2.90 bits per heavy atom. The van der Waals surface area contributed by atoms with Crippen molar-refractivity contribution in [2.45, 2.75) is 45.2 Å². The molecule has 1 aromatic heterocycles. The fourth-order valence-corrected chi connectivity index (χ4v) is 4.79. The number of amides is 1. The second kappa shape index (κ2) is 8.04. The van der Waals surface area contributed by atoms with E-state index in [0.29, 0.717) is 18.6 Å². The van der Waals surface area contributed by atoms with Crippen LogP contribution in [0.5, 0.6) is 5.75 Å². The summed E-state index contributed by atoms with van der Waals surface area (Å²) in [6.07, 6.45) is 7.00. The van der Waals surface area contributed by atoms with Gasteiger partial charge < -0.3 is 19.7 Å². The van der Waals surface area contributed by atoms with Crippen LogP contribution >= 0.6 is 0 Å². The third kappa shape index (κ3) is 3.50. The van der Waals surface area contributed by atoms with Crippen LogP contribution in [0.1, 0.15) is 38.3 Å². The number of nitrogens with one attached hydrogen (secondary N) is 1. The van der Waals surface area contributed by atoms with Gasteiger partial charge in [-0.3, -0.25) is 9.48 Å². The molecule has 7 heteroatoms. The molecule has 4 heterocycles. The number of nitrogens with zero attached hydrogens (tertiary/aromatic N) is 3. The lowest BCUT2D eigenvalue weighted by Crippen LogP contribution is -2.40. The van der Waals surface area contributed by atoms with E-state index in [-0.39, 0.29) is 11.9 Å². The highest BCUT2D eigenvalue weighted by Gasteiger charge is 2.31. The van der Waals surface area contributed by atoms with Gasteiger partial charge in [0.15, 0.2) is 0 Å². The van der Waals surface area contributed by atoms with Gasteiger partial charge in [0.25, 0.3) is 0 Å². The van der Waals surface area contributed by atoms with E-state index < -0.39 is 0 Å². The lowest BCUT2D eigenvalue weighted by Gasteiger charge is -2.36. The number of benzene rings is 1. The number of carbonyl (C=O) groups excluding carboxylic acids is 1. The predicted molar refractivity (Wildman–Crippen MR) is 115 cm³/mol. The zero-order chi connectivity index (χ0) is 20.7. The Morgan fingerprint density at radius 2 is 2.20 bits per heavy atom. The van der Waals surface area contributed by atoms with Crippen molar-refractivity contribution >= 4 is 11.6 Å². The highest BCUT2D eigenvalue weighted by molar-refractivity contribution is 5.95. The second-order valence-corrected chi connectivity index (χ2v) is 8.79. The predicted octanol–water partition coefficient (Wildman–Crippen LogP) is 2.80. The monoisotopic (exact) mass is 410 g/mol. The van der Waals surface area contributed by atoms with Crippen molar-refractivity contribution in [1.82, 2.24) is 15.1 Å². The van der Waals surface area contributed by atoms with Gasteiger partial charge in [0.2, 0.25) is 5.91 Å². The first-order valence-corrected chi connectivity index (χ1v) is 11.0. The molecule has 0 unspecified atom stereocenters. The van der Waals surface area contributed by atoms with E-state index in [4.69, 9.17) is 9.47 Å². The Hall–Kier alpha value is -2.38. The summed E-state index contributed by atoms with van der Waals surface area (Å²) in [5, 5.41) is 7.98. The molecule has 0 saturated carbocycles. The molecule has 1 aromatic carbocycles. The minimum absolute atomic E-state index is 0.0833. The van der Waals surface area contributed by atoms with Gasteiger partial charge in [0.1, 0.15) is 5.75 Å². The van der Waals surface area contributed by atoms with E-state index in [1.54, 1.807) is 6.92 Å². The third-order valence-electron chi connectivity index (χ3n) is 6.62. The first-order chi connectivity index (χ1) is 14.6. The third-order valence-corrected chi connectivity index (χ3v) is 6.62. The average molecular weight is 411 g/mol. The molecule has 7 nitrogen and oxygen atoms in total. The van der Waals surface area contributed by atoms with Gasteiger partial charge in [-0.2, -0.15) is 5.10 Å². The number of hydrogen-bond acceptors (Lipinski definition) is 5. The van der Waals surface area contributed by atoms with Gasteiger partial charge in [-0.1, -0.05) is 0 Å². The van der Waals surface area contributed by atoms with E-state index in [9.17, 15) is 4.79 Å². The largest absolute Gasteiger partial charge is 0.492 e. The summed E-state index contributed by atoms with van der Waals surface area (Å²) in [7, 11) is 0. The van der Waals surface area contributed by atoms with Crippen molar-refractivity contribution in [3.05, 3.63) is 30.1 Å². The molecular weight excluding hydrogens is 380 g/mol. The molecule has 0 spiro atoms. The number of fused-ring (bicyclic) bond motifs is 1. The Balaban J connectivity index is 1.53. The zero-order valence-electron chi connectivity index (χ0n) is 17.8. The van der Waals surface area contributed by atoms with E-state index in [2.05, 4.69) is 35.7 Å². The molecule has 0 aliphatic carbocycles. The quantitative estimate of drug-likeness (QED) is 0.821. The highest BCUT2D eigenvalue weighted by atomic mass is 16.5. The first kappa shape index (κ1) is 19.6. The van der Waals surface area contributed by atoms with Crippen LogP contribution in [0.2, 0.25) is 0 Å². The summed E-state index contributed by atoms with van der Waals surface area (Å²) in [4.78, 5) is 14.3. The van der Waals surface area contributed by atoms with Crippen molar-refractivity contribution in [2.24, 2.45) is 5.92 Å². The van der Waals surface area contributed by atoms with Gasteiger partial charge in [-0.25, -0.2) is 0 Å². The van der Waals surface area contributed by atoms with Crippen molar-refractivity contribution in [3.63, 3.8) is 0 Å². The van der Waals surface area contributed by atoms with Gasteiger partial charge in [-0.15, -0.1) is 0 Å². The molecule has 1 amide bonds. The summed E-state index contributed by atoms with van der Waals surface area (Å²) in [6, 6.07) is 4.69. The van der Waals surface area contributed by atoms with Crippen LogP contribution < -0.4 is 15.0 Å². The summed E-state index contributed by atoms with van der Waals surface area (Å²) in [6.45, 7) is 7.95. The molecule has 1 N–H and O–H groups in total. The van der Waals surface area contributed by atoms with Crippen LogP contribution in [0.15, 0.2) is 24.5 Å². The maximum absolute atomic E-state index is 12.4. The minimum Gasteiger partial charge on any atom is -0.492 e. The molecule has 2 aromatic rings. The number of ether oxygens (including phenoxy) is 2. The maximum atomic E-state index is 12.4. The molecule has 0 bridgehead atoms. The van der Waals surface area contributed by atoms with Gasteiger partial charge in [-0.05, 0) is 44.9 Å². The number of anilines is 1. The van der Waals surface area contributed by atoms with Crippen LogP contribution in [-0.4, -0.2) is 54.6 Å². The smallest absolute Gasteiger partial charge is 0.224 e. The fraction of sp³-hybridized carbons (Fsp3) is 0.565. The van der Waals surface area contributed by atoms with Gasteiger partial charge >= 0.3 is 0 Å². The van der Waals surface area contributed by atoms with E-state index in [0.717, 1.165) is 73.7 Å². The fourth-order valence-electron chi connectivity index (χ4n) is 4.79.